The lowest BCUT2D eigenvalue weighted by Gasteiger charge is -1.98. The standard InChI is InChI=1S/C12H12ClN3O/c13-10-3-1-2-8(6-10)12-15-11(16-17-12)9-4-5-14-7-9/h1-3,6,9,14H,4-5,7H2. The molecule has 3 rings (SSSR count). The van der Waals surface area contributed by atoms with Gasteiger partial charge in [0.25, 0.3) is 5.89 Å². The maximum Gasteiger partial charge on any atom is 0.257 e. The van der Waals surface area contributed by atoms with Crippen LogP contribution in [0.1, 0.15) is 18.2 Å². The fraction of sp³-hybridized carbons (Fsp3) is 0.333. The van der Waals surface area contributed by atoms with Crippen molar-refractivity contribution in [3.05, 3.63) is 35.1 Å². The van der Waals surface area contributed by atoms with Crippen molar-refractivity contribution in [3.63, 3.8) is 0 Å². The average molecular weight is 250 g/mol. The minimum Gasteiger partial charge on any atom is -0.334 e. The molecule has 0 amide bonds. The predicted octanol–water partition coefficient (Wildman–Crippen LogP) is 2.47. The topological polar surface area (TPSA) is 51.0 Å². The van der Waals surface area contributed by atoms with Crippen LogP contribution in [0.3, 0.4) is 0 Å². The number of hydrogen-bond acceptors (Lipinski definition) is 4. The van der Waals surface area contributed by atoms with Crippen molar-refractivity contribution >= 4 is 11.6 Å². The quantitative estimate of drug-likeness (QED) is 0.888. The fourth-order valence-electron chi connectivity index (χ4n) is 2.01. The third kappa shape index (κ3) is 2.18. The van der Waals surface area contributed by atoms with Crippen LogP contribution in [0.4, 0.5) is 0 Å². The summed E-state index contributed by atoms with van der Waals surface area (Å²) >= 11 is 5.93. The molecule has 1 aromatic carbocycles. The summed E-state index contributed by atoms with van der Waals surface area (Å²) in [5, 5.41) is 7.99. The lowest BCUT2D eigenvalue weighted by molar-refractivity contribution is 0.417. The summed E-state index contributed by atoms with van der Waals surface area (Å²) in [5.41, 5.74) is 0.863. The highest BCUT2D eigenvalue weighted by Gasteiger charge is 2.22. The Kier molecular flexibility index (Phi) is 2.82. The molecule has 2 heterocycles. The Hall–Kier alpha value is -1.39. The molecule has 1 saturated heterocycles. The zero-order valence-corrected chi connectivity index (χ0v) is 9.94. The third-order valence-corrected chi connectivity index (χ3v) is 3.17. The molecule has 1 atom stereocenters. The summed E-state index contributed by atoms with van der Waals surface area (Å²) in [4.78, 5) is 4.43. The van der Waals surface area contributed by atoms with Crippen molar-refractivity contribution in [3.8, 4) is 11.5 Å². The van der Waals surface area contributed by atoms with Gasteiger partial charge in [-0.1, -0.05) is 22.8 Å². The molecule has 0 bridgehead atoms. The molecule has 1 fully saturated rings. The van der Waals surface area contributed by atoms with Gasteiger partial charge in [-0.25, -0.2) is 0 Å². The molecule has 4 nitrogen and oxygen atoms in total. The predicted molar refractivity (Wildman–Crippen MR) is 65.0 cm³/mol. The molecule has 88 valence electrons. The monoisotopic (exact) mass is 249 g/mol. The third-order valence-electron chi connectivity index (χ3n) is 2.94. The second-order valence-corrected chi connectivity index (χ2v) is 4.59. The molecule has 1 N–H and O–H groups in total. The second kappa shape index (κ2) is 4.47. The van der Waals surface area contributed by atoms with Crippen molar-refractivity contribution in [2.45, 2.75) is 12.3 Å². The molecular weight excluding hydrogens is 238 g/mol. The van der Waals surface area contributed by atoms with E-state index >= 15 is 0 Å². The van der Waals surface area contributed by atoms with Gasteiger partial charge in [-0.15, -0.1) is 0 Å². The number of rotatable bonds is 2. The summed E-state index contributed by atoms with van der Waals surface area (Å²) in [6, 6.07) is 7.43. The molecule has 0 aliphatic carbocycles. The van der Waals surface area contributed by atoms with Crippen LogP contribution in [-0.2, 0) is 0 Å². The van der Waals surface area contributed by atoms with Gasteiger partial charge in [0.05, 0.1) is 0 Å². The van der Waals surface area contributed by atoms with E-state index in [2.05, 4.69) is 15.5 Å². The zero-order chi connectivity index (χ0) is 11.7. The minimum atomic E-state index is 0.367. The highest BCUT2D eigenvalue weighted by atomic mass is 35.5. The van der Waals surface area contributed by atoms with Crippen LogP contribution in [0.25, 0.3) is 11.5 Å². The first-order valence-corrected chi connectivity index (χ1v) is 6.01. The van der Waals surface area contributed by atoms with Gasteiger partial charge < -0.3 is 9.84 Å². The molecule has 2 aromatic rings. The summed E-state index contributed by atoms with van der Waals surface area (Å²) in [6.45, 7) is 1.94. The average Bonchev–Trinajstić information content (AvgIpc) is 3.00. The van der Waals surface area contributed by atoms with E-state index in [1.54, 1.807) is 0 Å². The Morgan fingerprint density at radius 3 is 3.12 bits per heavy atom. The Labute approximate surface area is 104 Å². The van der Waals surface area contributed by atoms with Gasteiger partial charge in [0.15, 0.2) is 5.82 Å². The van der Waals surface area contributed by atoms with E-state index in [0.717, 1.165) is 30.9 Å². The molecule has 1 aliphatic heterocycles. The lowest BCUT2D eigenvalue weighted by atomic mass is 10.1. The molecule has 0 saturated carbocycles. The molecule has 17 heavy (non-hydrogen) atoms. The van der Waals surface area contributed by atoms with Crippen LogP contribution in [0.2, 0.25) is 5.02 Å². The fourth-order valence-corrected chi connectivity index (χ4v) is 2.20. The first-order chi connectivity index (χ1) is 8.33. The second-order valence-electron chi connectivity index (χ2n) is 4.16. The Morgan fingerprint density at radius 2 is 2.35 bits per heavy atom. The molecule has 1 aromatic heterocycles. The van der Waals surface area contributed by atoms with E-state index in [9.17, 15) is 0 Å². The first-order valence-electron chi connectivity index (χ1n) is 5.63. The molecule has 0 radical (unpaired) electrons. The van der Waals surface area contributed by atoms with Crippen molar-refractivity contribution in [2.24, 2.45) is 0 Å². The summed E-state index contributed by atoms with van der Waals surface area (Å²) < 4.78 is 5.27. The van der Waals surface area contributed by atoms with Crippen molar-refractivity contribution < 1.29 is 4.52 Å². The van der Waals surface area contributed by atoms with Gasteiger partial charge >= 0.3 is 0 Å². The van der Waals surface area contributed by atoms with Crippen LogP contribution >= 0.6 is 11.6 Å². The van der Waals surface area contributed by atoms with Crippen LogP contribution < -0.4 is 5.32 Å². The van der Waals surface area contributed by atoms with Gasteiger partial charge in [0, 0.05) is 23.0 Å². The molecule has 0 spiro atoms. The van der Waals surface area contributed by atoms with Crippen molar-refractivity contribution in [2.75, 3.05) is 13.1 Å². The highest BCUT2D eigenvalue weighted by molar-refractivity contribution is 6.30. The molecule has 1 unspecified atom stereocenters. The number of hydrogen-bond donors (Lipinski definition) is 1. The van der Waals surface area contributed by atoms with E-state index in [4.69, 9.17) is 16.1 Å². The number of aromatic nitrogens is 2. The van der Waals surface area contributed by atoms with Gasteiger partial charge in [0.1, 0.15) is 0 Å². The van der Waals surface area contributed by atoms with E-state index in [1.165, 1.54) is 0 Å². The van der Waals surface area contributed by atoms with Crippen molar-refractivity contribution in [1.29, 1.82) is 0 Å². The lowest BCUT2D eigenvalue weighted by Crippen LogP contribution is -2.08. The molecule has 5 heteroatoms. The summed E-state index contributed by atoms with van der Waals surface area (Å²) in [7, 11) is 0. The van der Waals surface area contributed by atoms with Crippen molar-refractivity contribution in [1.82, 2.24) is 15.5 Å². The Morgan fingerprint density at radius 1 is 1.41 bits per heavy atom. The van der Waals surface area contributed by atoms with Gasteiger partial charge in [0.2, 0.25) is 0 Å². The normalized spacial score (nSPS) is 19.7. The molecular formula is C12H12ClN3O. The first kappa shape index (κ1) is 10.7. The largest absolute Gasteiger partial charge is 0.334 e. The van der Waals surface area contributed by atoms with Crippen LogP contribution in [-0.4, -0.2) is 23.2 Å². The highest BCUT2D eigenvalue weighted by Crippen LogP contribution is 2.25. The Balaban J connectivity index is 1.89. The van der Waals surface area contributed by atoms with Gasteiger partial charge in [-0.2, -0.15) is 4.98 Å². The Bertz CT molecular complexity index is 520. The van der Waals surface area contributed by atoms with Crippen LogP contribution in [0.15, 0.2) is 28.8 Å². The number of nitrogens with zero attached hydrogens (tertiary/aromatic N) is 2. The summed E-state index contributed by atoms with van der Waals surface area (Å²) in [5.74, 6) is 1.69. The van der Waals surface area contributed by atoms with Gasteiger partial charge in [-0.05, 0) is 31.2 Å². The smallest absolute Gasteiger partial charge is 0.257 e. The van der Waals surface area contributed by atoms with Crippen LogP contribution in [0.5, 0.6) is 0 Å². The SMILES string of the molecule is Clc1cccc(-c2nc(C3CCNC3)no2)c1. The maximum absolute atomic E-state index is 5.93. The van der Waals surface area contributed by atoms with E-state index in [1.807, 2.05) is 24.3 Å². The maximum atomic E-state index is 5.93. The van der Waals surface area contributed by atoms with E-state index < -0.39 is 0 Å². The van der Waals surface area contributed by atoms with Crippen LogP contribution in [0, 0.1) is 0 Å². The number of benzene rings is 1. The zero-order valence-electron chi connectivity index (χ0n) is 9.19. The number of nitrogens with one attached hydrogen (secondary N) is 1. The molecule has 1 aliphatic rings. The summed E-state index contributed by atoms with van der Waals surface area (Å²) in [6.07, 6.45) is 1.06. The van der Waals surface area contributed by atoms with E-state index in [0.29, 0.717) is 16.8 Å². The minimum absolute atomic E-state index is 0.367. The van der Waals surface area contributed by atoms with Gasteiger partial charge in [-0.3, -0.25) is 0 Å². The van der Waals surface area contributed by atoms with E-state index in [-0.39, 0.29) is 0 Å². The number of halogens is 1.